The van der Waals surface area contributed by atoms with Crippen molar-refractivity contribution < 1.29 is 14.4 Å². The zero-order valence-electron chi connectivity index (χ0n) is 12.3. The summed E-state index contributed by atoms with van der Waals surface area (Å²) in [5, 5.41) is 6.48. The number of benzene rings is 1. The van der Waals surface area contributed by atoms with Gasteiger partial charge in [0.1, 0.15) is 5.71 Å². The number of oxime groups is 1. The number of carbonyl (C=O) groups excluding carboxylic acids is 2. The number of hydrogen-bond donors (Lipinski definition) is 1. The lowest BCUT2D eigenvalue weighted by Crippen LogP contribution is -2.40. The molecule has 0 unspecified atom stereocenters. The summed E-state index contributed by atoms with van der Waals surface area (Å²) in [7, 11) is 0. The van der Waals surface area contributed by atoms with Gasteiger partial charge >= 0.3 is 0 Å². The van der Waals surface area contributed by atoms with E-state index in [9.17, 15) is 9.59 Å². The fourth-order valence-corrected chi connectivity index (χ4v) is 2.69. The molecule has 0 bridgehead atoms. The molecule has 1 aromatic carbocycles. The molecule has 2 amide bonds. The van der Waals surface area contributed by atoms with Crippen LogP contribution < -0.4 is 5.32 Å². The van der Waals surface area contributed by atoms with Gasteiger partial charge in [-0.25, -0.2) is 0 Å². The first-order valence-electron chi connectivity index (χ1n) is 7.57. The van der Waals surface area contributed by atoms with E-state index in [0.717, 1.165) is 31.5 Å². The van der Waals surface area contributed by atoms with Gasteiger partial charge in [0.25, 0.3) is 5.91 Å². The van der Waals surface area contributed by atoms with Crippen molar-refractivity contribution in [3.63, 3.8) is 0 Å². The molecule has 0 radical (unpaired) electrons. The molecule has 1 N–H and O–H groups in total. The molecule has 6 nitrogen and oxygen atoms in total. The Morgan fingerprint density at radius 1 is 1.23 bits per heavy atom. The van der Waals surface area contributed by atoms with Crippen molar-refractivity contribution in [1.29, 1.82) is 0 Å². The minimum Gasteiger partial charge on any atom is -0.387 e. The lowest BCUT2D eigenvalue weighted by Gasteiger charge is -2.15. The molecule has 1 aromatic rings. The SMILES string of the molecule is O=C(NCC(=O)N1CCCC1)C1=NO[C@H](c2ccccc2)C1. The van der Waals surface area contributed by atoms with Crippen molar-refractivity contribution >= 4 is 17.5 Å². The number of likely N-dealkylation sites (tertiary alicyclic amines) is 1. The molecule has 1 saturated heterocycles. The van der Waals surface area contributed by atoms with Crippen LogP contribution in [0.1, 0.15) is 30.9 Å². The molecule has 6 heteroatoms. The van der Waals surface area contributed by atoms with Gasteiger partial charge in [-0.2, -0.15) is 0 Å². The molecule has 0 saturated carbocycles. The van der Waals surface area contributed by atoms with Crippen LogP contribution in [0.5, 0.6) is 0 Å². The minimum atomic E-state index is -0.328. The number of amides is 2. The number of hydrogen-bond acceptors (Lipinski definition) is 4. The quantitative estimate of drug-likeness (QED) is 0.909. The van der Waals surface area contributed by atoms with Crippen molar-refractivity contribution in [3.8, 4) is 0 Å². The third-order valence-corrected chi connectivity index (χ3v) is 3.96. The smallest absolute Gasteiger partial charge is 0.269 e. The van der Waals surface area contributed by atoms with Crippen molar-refractivity contribution in [2.24, 2.45) is 5.16 Å². The van der Waals surface area contributed by atoms with E-state index >= 15 is 0 Å². The summed E-state index contributed by atoms with van der Waals surface area (Å²) < 4.78 is 0. The van der Waals surface area contributed by atoms with Crippen LogP contribution in [0, 0.1) is 0 Å². The first-order chi connectivity index (χ1) is 10.7. The molecule has 116 valence electrons. The highest BCUT2D eigenvalue weighted by Crippen LogP contribution is 2.26. The van der Waals surface area contributed by atoms with E-state index in [1.54, 1.807) is 4.90 Å². The predicted molar refractivity (Wildman–Crippen MR) is 81.1 cm³/mol. The van der Waals surface area contributed by atoms with Crippen molar-refractivity contribution in [2.45, 2.75) is 25.4 Å². The number of rotatable bonds is 4. The summed E-state index contributed by atoms with van der Waals surface area (Å²) >= 11 is 0. The van der Waals surface area contributed by atoms with Gasteiger partial charge in [0.15, 0.2) is 6.10 Å². The number of nitrogens with one attached hydrogen (secondary N) is 1. The molecule has 0 spiro atoms. The zero-order chi connectivity index (χ0) is 15.4. The Morgan fingerprint density at radius 2 is 1.95 bits per heavy atom. The molecule has 0 aliphatic carbocycles. The van der Waals surface area contributed by atoms with Crippen LogP contribution in [0.2, 0.25) is 0 Å². The molecular weight excluding hydrogens is 282 g/mol. The molecule has 0 aromatic heterocycles. The molecule has 22 heavy (non-hydrogen) atoms. The average Bonchev–Trinajstić information content (AvgIpc) is 3.24. The van der Waals surface area contributed by atoms with Gasteiger partial charge in [-0.3, -0.25) is 9.59 Å². The van der Waals surface area contributed by atoms with E-state index in [1.165, 1.54) is 0 Å². The van der Waals surface area contributed by atoms with E-state index in [4.69, 9.17) is 4.84 Å². The van der Waals surface area contributed by atoms with Gasteiger partial charge in [-0.1, -0.05) is 35.5 Å². The summed E-state index contributed by atoms with van der Waals surface area (Å²) in [6.45, 7) is 1.59. The van der Waals surface area contributed by atoms with Crippen LogP contribution in [-0.2, 0) is 14.4 Å². The summed E-state index contributed by atoms with van der Waals surface area (Å²) in [6.07, 6.45) is 2.28. The van der Waals surface area contributed by atoms with Crippen LogP contribution >= 0.6 is 0 Å². The van der Waals surface area contributed by atoms with Gasteiger partial charge in [0.2, 0.25) is 5.91 Å². The Morgan fingerprint density at radius 3 is 2.68 bits per heavy atom. The van der Waals surface area contributed by atoms with E-state index in [-0.39, 0.29) is 24.5 Å². The Bertz CT molecular complexity index is 580. The van der Waals surface area contributed by atoms with Crippen molar-refractivity contribution in [3.05, 3.63) is 35.9 Å². The fraction of sp³-hybridized carbons (Fsp3) is 0.438. The highest BCUT2D eigenvalue weighted by Gasteiger charge is 2.28. The van der Waals surface area contributed by atoms with Crippen molar-refractivity contribution in [2.75, 3.05) is 19.6 Å². The van der Waals surface area contributed by atoms with Crippen LogP contribution in [-0.4, -0.2) is 42.1 Å². The molecule has 1 fully saturated rings. The summed E-state index contributed by atoms with van der Waals surface area (Å²) in [5.41, 5.74) is 1.32. The Hall–Kier alpha value is -2.37. The third-order valence-electron chi connectivity index (χ3n) is 3.96. The Balaban J connectivity index is 1.48. The van der Waals surface area contributed by atoms with E-state index in [0.29, 0.717) is 12.1 Å². The molecular formula is C16H19N3O3. The van der Waals surface area contributed by atoms with Gasteiger partial charge in [0.05, 0.1) is 6.54 Å². The van der Waals surface area contributed by atoms with Crippen LogP contribution in [0.15, 0.2) is 35.5 Å². The fourth-order valence-electron chi connectivity index (χ4n) is 2.69. The molecule has 3 rings (SSSR count). The van der Waals surface area contributed by atoms with Crippen LogP contribution in [0.4, 0.5) is 0 Å². The first kappa shape index (κ1) is 14.6. The third kappa shape index (κ3) is 3.27. The maximum atomic E-state index is 12.0. The van der Waals surface area contributed by atoms with Gasteiger partial charge < -0.3 is 15.1 Å². The second-order valence-electron chi connectivity index (χ2n) is 5.52. The van der Waals surface area contributed by atoms with Crippen molar-refractivity contribution in [1.82, 2.24) is 10.2 Å². The maximum Gasteiger partial charge on any atom is 0.269 e. The van der Waals surface area contributed by atoms with Gasteiger partial charge in [-0.05, 0) is 18.4 Å². The van der Waals surface area contributed by atoms with Crippen LogP contribution in [0.25, 0.3) is 0 Å². The maximum absolute atomic E-state index is 12.0. The predicted octanol–water partition coefficient (Wildman–Crippen LogP) is 1.24. The van der Waals surface area contributed by atoms with E-state index < -0.39 is 0 Å². The number of nitrogens with zero attached hydrogens (tertiary/aromatic N) is 2. The topological polar surface area (TPSA) is 71.0 Å². The monoisotopic (exact) mass is 301 g/mol. The Kier molecular flexibility index (Phi) is 4.37. The zero-order valence-corrected chi connectivity index (χ0v) is 12.3. The Labute approximate surface area is 129 Å². The molecule has 2 aliphatic rings. The lowest BCUT2D eigenvalue weighted by molar-refractivity contribution is -0.130. The first-order valence-corrected chi connectivity index (χ1v) is 7.57. The second kappa shape index (κ2) is 6.60. The second-order valence-corrected chi connectivity index (χ2v) is 5.52. The normalized spacial score (nSPS) is 20.5. The number of carbonyl (C=O) groups is 2. The highest BCUT2D eigenvalue weighted by molar-refractivity contribution is 6.39. The summed E-state index contributed by atoms with van der Waals surface area (Å²) in [6, 6.07) is 9.66. The molecule has 2 heterocycles. The van der Waals surface area contributed by atoms with E-state index in [2.05, 4.69) is 10.5 Å². The van der Waals surface area contributed by atoms with Crippen LogP contribution in [0.3, 0.4) is 0 Å². The summed E-state index contributed by atoms with van der Waals surface area (Å²) in [4.78, 5) is 31.0. The average molecular weight is 301 g/mol. The summed E-state index contributed by atoms with van der Waals surface area (Å²) in [5.74, 6) is -0.365. The molecule has 1 atom stereocenters. The van der Waals surface area contributed by atoms with Gasteiger partial charge in [-0.15, -0.1) is 0 Å². The van der Waals surface area contributed by atoms with Gasteiger partial charge in [0, 0.05) is 19.5 Å². The highest BCUT2D eigenvalue weighted by atomic mass is 16.6. The lowest BCUT2D eigenvalue weighted by atomic mass is 10.0. The largest absolute Gasteiger partial charge is 0.387 e. The minimum absolute atomic E-state index is 0.0217. The molecule has 2 aliphatic heterocycles. The van der Waals surface area contributed by atoms with E-state index in [1.807, 2.05) is 30.3 Å². The standard InChI is InChI=1S/C16H19N3O3/c20-15(19-8-4-5-9-19)11-17-16(21)13-10-14(22-18-13)12-6-2-1-3-7-12/h1-3,6-7,14H,4-5,8-11H2,(H,17,21)/t14-/m0/s1.